The number of ether oxygens (including phenoxy) is 2. The first kappa shape index (κ1) is 20.6. The van der Waals surface area contributed by atoms with Crippen LogP contribution in [0.25, 0.3) is 16.6 Å². The van der Waals surface area contributed by atoms with Gasteiger partial charge in [-0.05, 0) is 43.3 Å². The van der Waals surface area contributed by atoms with Crippen molar-refractivity contribution in [1.82, 2.24) is 9.55 Å². The van der Waals surface area contributed by atoms with E-state index in [0.29, 0.717) is 35.9 Å². The number of hydrogen-bond acceptors (Lipinski definition) is 6. The van der Waals surface area contributed by atoms with Crippen LogP contribution in [0, 0.1) is 5.41 Å². The molecule has 0 unspecified atom stereocenters. The number of nitrogens with one attached hydrogen (secondary N) is 1. The second kappa shape index (κ2) is 8.61. The fourth-order valence-corrected chi connectivity index (χ4v) is 3.60. The molecular formula is C23H24N4O4. The predicted molar refractivity (Wildman–Crippen MR) is 119 cm³/mol. The molecule has 0 bridgehead atoms. The van der Waals surface area contributed by atoms with E-state index in [2.05, 4.69) is 4.98 Å². The standard InChI is InChI=1S/C23H24N4O4/c1-3-30-12-13-31-23(29)15-8-10-16(11-9-15)27-14-19(28)20(21(27)24)22-25-17-6-4-5-7-18(17)26(22)2/h4-11,24,28H,3,12-14H2,1-2H3. The van der Waals surface area contributed by atoms with E-state index in [-0.39, 0.29) is 24.7 Å². The van der Waals surface area contributed by atoms with Gasteiger partial charge >= 0.3 is 5.97 Å². The highest BCUT2D eigenvalue weighted by atomic mass is 16.6. The molecule has 0 spiro atoms. The number of aromatic nitrogens is 2. The van der Waals surface area contributed by atoms with E-state index < -0.39 is 5.97 Å². The number of imidazole rings is 1. The molecule has 2 aromatic carbocycles. The Morgan fingerprint density at radius 3 is 2.61 bits per heavy atom. The van der Waals surface area contributed by atoms with Crippen molar-refractivity contribution in [2.45, 2.75) is 6.92 Å². The Labute approximate surface area is 179 Å². The molecule has 2 heterocycles. The van der Waals surface area contributed by atoms with Crippen LogP contribution >= 0.6 is 0 Å². The number of carbonyl (C=O) groups excluding carboxylic acids is 1. The van der Waals surface area contributed by atoms with Crippen LogP contribution in [0.15, 0.2) is 54.3 Å². The van der Waals surface area contributed by atoms with Gasteiger partial charge in [-0.15, -0.1) is 0 Å². The number of aliphatic hydroxyl groups is 1. The summed E-state index contributed by atoms with van der Waals surface area (Å²) in [6.45, 7) is 3.18. The van der Waals surface area contributed by atoms with E-state index in [4.69, 9.17) is 14.9 Å². The normalized spacial score (nSPS) is 14.0. The number of rotatable bonds is 7. The summed E-state index contributed by atoms with van der Waals surface area (Å²) < 4.78 is 12.2. The largest absolute Gasteiger partial charge is 0.509 e. The SMILES string of the molecule is CCOCCOC(=O)c1ccc(N2CC(O)=C(c3nc4ccccc4n3C)C2=N)cc1. The first-order valence-electron chi connectivity index (χ1n) is 10.1. The van der Waals surface area contributed by atoms with Gasteiger partial charge in [0.25, 0.3) is 0 Å². The molecule has 1 aliphatic rings. The zero-order valence-corrected chi connectivity index (χ0v) is 17.5. The summed E-state index contributed by atoms with van der Waals surface area (Å²) in [5, 5.41) is 19.3. The van der Waals surface area contributed by atoms with Gasteiger partial charge in [-0.2, -0.15) is 0 Å². The van der Waals surface area contributed by atoms with Gasteiger partial charge in [0, 0.05) is 19.3 Å². The lowest BCUT2D eigenvalue weighted by Crippen LogP contribution is -2.26. The fraction of sp³-hybridized carbons (Fsp3) is 0.261. The number of aliphatic hydroxyl groups excluding tert-OH is 1. The third kappa shape index (κ3) is 3.89. The average Bonchev–Trinajstić information content (AvgIpc) is 3.26. The zero-order chi connectivity index (χ0) is 22.0. The summed E-state index contributed by atoms with van der Waals surface area (Å²) in [6, 6.07) is 14.5. The lowest BCUT2D eigenvalue weighted by molar-refractivity contribution is 0.0335. The summed E-state index contributed by atoms with van der Waals surface area (Å²) in [7, 11) is 1.87. The van der Waals surface area contributed by atoms with E-state index in [1.807, 2.05) is 42.8 Å². The van der Waals surface area contributed by atoms with E-state index in [1.54, 1.807) is 29.2 Å². The second-order valence-electron chi connectivity index (χ2n) is 7.12. The molecule has 2 N–H and O–H groups in total. The maximum atomic E-state index is 12.1. The van der Waals surface area contributed by atoms with Crippen molar-refractivity contribution in [1.29, 1.82) is 5.41 Å². The minimum atomic E-state index is -0.427. The average molecular weight is 420 g/mol. The molecule has 8 heteroatoms. The Hall–Kier alpha value is -3.65. The molecule has 1 aromatic heterocycles. The molecule has 0 radical (unpaired) electrons. The molecule has 3 aromatic rings. The highest BCUT2D eigenvalue weighted by Gasteiger charge is 2.32. The van der Waals surface area contributed by atoms with Crippen LogP contribution in [0.5, 0.6) is 0 Å². The number of fused-ring (bicyclic) bond motifs is 1. The Kier molecular flexibility index (Phi) is 5.73. The maximum Gasteiger partial charge on any atom is 0.338 e. The minimum absolute atomic E-state index is 0.0859. The maximum absolute atomic E-state index is 12.1. The second-order valence-corrected chi connectivity index (χ2v) is 7.12. The van der Waals surface area contributed by atoms with Crippen LogP contribution in [0.2, 0.25) is 0 Å². The van der Waals surface area contributed by atoms with Crippen molar-refractivity contribution < 1.29 is 19.4 Å². The summed E-state index contributed by atoms with van der Waals surface area (Å²) in [6.07, 6.45) is 0. The summed E-state index contributed by atoms with van der Waals surface area (Å²) >= 11 is 0. The summed E-state index contributed by atoms with van der Waals surface area (Å²) in [5.41, 5.74) is 3.24. The molecule has 8 nitrogen and oxygen atoms in total. The number of para-hydroxylation sites is 2. The van der Waals surface area contributed by atoms with E-state index in [0.717, 1.165) is 11.0 Å². The summed E-state index contributed by atoms with van der Waals surface area (Å²) in [5.74, 6) is 0.357. The molecule has 0 amide bonds. The number of esters is 1. The van der Waals surface area contributed by atoms with Crippen LogP contribution in [-0.4, -0.2) is 52.8 Å². The number of amidine groups is 1. The number of carbonyl (C=O) groups is 1. The fourth-order valence-electron chi connectivity index (χ4n) is 3.60. The third-order valence-electron chi connectivity index (χ3n) is 5.19. The van der Waals surface area contributed by atoms with Gasteiger partial charge < -0.3 is 24.0 Å². The van der Waals surface area contributed by atoms with Crippen molar-refractivity contribution in [3.05, 3.63) is 65.7 Å². The highest BCUT2D eigenvalue weighted by Crippen LogP contribution is 2.32. The van der Waals surface area contributed by atoms with E-state index in [9.17, 15) is 9.90 Å². The Bertz CT molecular complexity index is 1160. The molecule has 4 rings (SSSR count). The predicted octanol–water partition coefficient (Wildman–Crippen LogP) is 3.53. The third-order valence-corrected chi connectivity index (χ3v) is 5.19. The molecule has 0 aliphatic carbocycles. The number of anilines is 1. The monoisotopic (exact) mass is 420 g/mol. The first-order valence-corrected chi connectivity index (χ1v) is 10.1. The van der Waals surface area contributed by atoms with Crippen LogP contribution in [0.3, 0.4) is 0 Å². The van der Waals surface area contributed by atoms with Crippen molar-refractivity contribution >= 4 is 34.1 Å². The number of hydrogen-bond donors (Lipinski definition) is 2. The number of aryl methyl sites for hydroxylation is 1. The van der Waals surface area contributed by atoms with Gasteiger partial charge in [0.2, 0.25) is 0 Å². The van der Waals surface area contributed by atoms with Crippen LogP contribution < -0.4 is 4.90 Å². The molecule has 1 aliphatic heterocycles. The highest BCUT2D eigenvalue weighted by molar-refractivity contribution is 6.30. The van der Waals surface area contributed by atoms with Gasteiger partial charge in [0.05, 0.1) is 35.3 Å². The molecule has 0 fully saturated rings. The lowest BCUT2D eigenvalue weighted by atomic mass is 10.2. The summed E-state index contributed by atoms with van der Waals surface area (Å²) in [4.78, 5) is 18.4. The quantitative estimate of drug-likeness (QED) is 0.448. The van der Waals surface area contributed by atoms with Crippen molar-refractivity contribution in [3.63, 3.8) is 0 Å². The molecule has 0 atom stereocenters. The first-order chi connectivity index (χ1) is 15.0. The van der Waals surface area contributed by atoms with Gasteiger partial charge in [-0.3, -0.25) is 5.41 Å². The molecule has 0 saturated heterocycles. The zero-order valence-electron chi connectivity index (χ0n) is 17.5. The van der Waals surface area contributed by atoms with E-state index in [1.165, 1.54) is 0 Å². The number of benzene rings is 2. The van der Waals surface area contributed by atoms with Crippen molar-refractivity contribution in [2.24, 2.45) is 7.05 Å². The van der Waals surface area contributed by atoms with Crippen LogP contribution in [-0.2, 0) is 16.5 Å². The Balaban J connectivity index is 1.51. The topological polar surface area (TPSA) is 101 Å². The van der Waals surface area contributed by atoms with Crippen LogP contribution in [0.4, 0.5) is 5.69 Å². The molecule has 0 saturated carbocycles. The lowest BCUT2D eigenvalue weighted by Gasteiger charge is -2.19. The minimum Gasteiger partial charge on any atom is -0.509 e. The Morgan fingerprint density at radius 1 is 1.16 bits per heavy atom. The van der Waals surface area contributed by atoms with Gasteiger partial charge in [-0.25, -0.2) is 9.78 Å². The van der Waals surface area contributed by atoms with Crippen molar-refractivity contribution in [2.75, 3.05) is 31.3 Å². The van der Waals surface area contributed by atoms with Crippen LogP contribution in [0.1, 0.15) is 23.1 Å². The molecule has 31 heavy (non-hydrogen) atoms. The van der Waals surface area contributed by atoms with Gasteiger partial charge in [0.15, 0.2) is 0 Å². The number of nitrogens with zero attached hydrogens (tertiary/aromatic N) is 3. The van der Waals surface area contributed by atoms with Crippen molar-refractivity contribution in [3.8, 4) is 0 Å². The smallest absolute Gasteiger partial charge is 0.338 e. The van der Waals surface area contributed by atoms with Gasteiger partial charge in [0.1, 0.15) is 24.0 Å². The molecular weight excluding hydrogens is 396 g/mol. The van der Waals surface area contributed by atoms with E-state index >= 15 is 0 Å². The molecule has 160 valence electrons. The van der Waals surface area contributed by atoms with Gasteiger partial charge in [-0.1, -0.05) is 12.1 Å². The Morgan fingerprint density at radius 2 is 1.90 bits per heavy atom.